The van der Waals surface area contributed by atoms with Crippen molar-refractivity contribution in [3.05, 3.63) is 45.5 Å². The zero-order valence-corrected chi connectivity index (χ0v) is 14.4. The number of nitrogens with zero attached hydrogens (tertiary/aromatic N) is 1. The van der Waals surface area contributed by atoms with Crippen molar-refractivity contribution in [1.29, 1.82) is 0 Å². The summed E-state index contributed by atoms with van der Waals surface area (Å²) in [7, 11) is 0. The van der Waals surface area contributed by atoms with E-state index in [1.807, 2.05) is 11.0 Å². The molecule has 0 saturated carbocycles. The lowest BCUT2D eigenvalue weighted by Gasteiger charge is -2.25. The summed E-state index contributed by atoms with van der Waals surface area (Å²) in [4.78, 5) is 28.3. The molecular formula is C17H21N3O3S. The van der Waals surface area contributed by atoms with E-state index in [9.17, 15) is 9.59 Å². The summed E-state index contributed by atoms with van der Waals surface area (Å²) in [6, 6.07) is 5.82. The second-order valence-electron chi connectivity index (χ2n) is 5.72. The van der Waals surface area contributed by atoms with Gasteiger partial charge in [0.05, 0.1) is 31.5 Å². The molecule has 0 atom stereocenters. The smallest absolute Gasteiger partial charge is 0.255 e. The first-order chi connectivity index (χ1) is 11.7. The van der Waals surface area contributed by atoms with Gasteiger partial charge < -0.3 is 15.1 Å². The third-order valence-electron chi connectivity index (χ3n) is 3.96. The fraction of sp³-hybridized carbons (Fsp3) is 0.412. The summed E-state index contributed by atoms with van der Waals surface area (Å²) in [6.45, 7) is 4.80. The van der Waals surface area contributed by atoms with Gasteiger partial charge in [-0.15, -0.1) is 11.3 Å². The molecule has 0 aromatic carbocycles. The van der Waals surface area contributed by atoms with Crippen molar-refractivity contribution in [2.24, 2.45) is 0 Å². The maximum absolute atomic E-state index is 12.4. The largest absolute Gasteiger partial charge is 0.467 e. The molecule has 3 rings (SSSR count). The molecule has 128 valence electrons. The molecular weight excluding hydrogens is 326 g/mol. The van der Waals surface area contributed by atoms with Gasteiger partial charge in [-0.3, -0.25) is 14.5 Å². The summed E-state index contributed by atoms with van der Waals surface area (Å²) < 4.78 is 5.47. The number of rotatable bonds is 6. The second kappa shape index (κ2) is 7.63. The lowest BCUT2D eigenvalue weighted by Crippen LogP contribution is -2.47. The number of carbonyl (C=O) groups is 2. The van der Waals surface area contributed by atoms with Crippen molar-refractivity contribution in [1.82, 2.24) is 15.5 Å². The van der Waals surface area contributed by atoms with E-state index >= 15 is 0 Å². The zero-order chi connectivity index (χ0) is 16.9. The number of thiophene rings is 1. The normalized spacial score (nSPS) is 15.3. The van der Waals surface area contributed by atoms with Crippen LogP contribution in [0.15, 0.2) is 28.9 Å². The molecule has 0 spiro atoms. The Morgan fingerprint density at radius 3 is 2.96 bits per heavy atom. The third-order valence-corrected chi connectivity index (χ3v) is 5.19. The highest BCUT2D eigenvalue weighted by Gasteiger charge is 2.21. The number of hydrogen-bond acceptors (Lipinski definition) is 5. The molecule has 2 aromatic rings. The highest BCUT2D eigenvalue weighted by Crippen LogP contribution is 2.18. The molecule has 6 nitrogen and oxygen atoms in total. The maximum Gasteiger partial charge on any atom is 0.255 e. The van der Waals surface area contributed by atoms with Gasteiger partial charge in [0.15, 0.2) is 0 Å². The molecule has 0 aliphatic carbocycles. The molecule has 0 radical (unpaired) electrons. The van der Waals surface area contributed by atoms with Gasteiger partial charge in [0.1, 0.15) is 5.76 Å². The molecule has 0 bridgehead atoms. The minimum absolute atomic E-state index is 0.00299. The van der Waals surface area contributed by atoms with Gasteiger partial charge in [-0.25, -0.2) is 0 Å². The van der Waals surface area contributed by atoms with Crippen molar-refractivity contribution >= 4 is 23.2 Å². The van der Waals surface area contributed by atoms with Crippen molar-refractivity contribution in [2.45, 2.75) is 26.4 Å². The quantitative estimate of drug-likeness (QED) is 0.835. The summed E-state index contributed by atoms with van der Waals surface area (Å²) in [6.07, 6.45) is 2.53. The molecule has 7 heteroatoms. The Labute approximate surface area is 144 Å². The topological polar surface area (TPSA) is 74.6 Å². The average Bonchev–Trinajstić information content (AvgIpc) is 3.21. The predicted octanol–water partition coefficient (Wildman–Crippen LogP) is 1.77. The Kier molecular flexibility index (Phi) is 5.32. The van der Waals surface area contributed by atoms with Crippen LogP contribution in [-0.2, 0) is 24.3 Å². The van der Waals surface area contributed by atoms with E-state index in [2.05, 4.69) is 23.6 Å². The van der Waals surface area contributed by atoms with Crippen LogP contribution in [0.5, 0.6) is 0 Å². The van der Waals surface area contributed by atoms with Crippen LogP contribution in [0.25, 0.3) is 0 Å². The molecule has 24 heavy (non-hydrogen) atoms. The molecule has 2 N–H and O–H groups in total. The minimum atomic E-state index is -0.147. The number of carbonyl (C=O) groups excluding carboxylic acids is 2. The van der Waals surface area contributed by atoms with E-state index in [1.54, 1.807) is 17.4 Å². The van der Waals surface area contributed by atoms with Crippen LogP contribution in [0.3, 0.4) is 0 Å². The third kappa shape index (κ3) is 4.04. The number of aryl methyl sites for hydroxylation is 1. The van der Waals surface area contributed by atoms with Crippen LogP contribution in [0, 0.1) is 0 Å². The lowest BCUT2D eigenvalue weighted by molar-refractivity contribution is -0.124. The first kappa shape index (κ1) is 16.7. The Morgan fingerprint density at radius 2 is 2.21 bits per heavy atom. The van der Waals surface area contributed by atoms with Crippen molar-refractivity contribution in [2.75, 3.05) is 19.6 Å². The maximum atomic E-state index is 12.4. The second-order valence-corrected chi connectivity index (χ2v) is 6.98. The van der Waals surface area contributed by atoms with Gasteiger partial charge >= 0.3 is 0 Å². The Morgan fingerprint density at radius 1 is 1.38 bits per heavy atom. The lowest BCUT2D eigenvalue weighted by atomic mass is 10.2. The number of piperazine rings is 1. The first-order valence-electron chi connectivity index (χ1n) is 8.07. The number of amides is 2. The van der Waals surface area contributed by atoms with Gasteiger partial charge in [0.2, 0.25) is 5.91 Å². The van der Waals surface area contributed by atoms with E-state index in [0.29, 0.717) is 37.5 Å². The standard InChI is InChI=1S/C17H21N3O3S/c1-2-12-3-4-13(24-12)9-19-17(22)14-5-8-23-15(14)10-20-7-6-18-16(21)11-20/h3-5,8H,2,6-7,9-11H2,1H3,(H,18,21)(H,19,22). The Hall–Kier alpha value is -2.12. The van der Waals surface area contributed by atoms with Gasteiger partial charge in [0.25, 0.3) is 5.91 Å². The molecule has 1 saturated heterocycles. The van der Waals surface area contributed by atoms with Gasteiger partial charge in [0, 0.05) is 22.8 Å². The highest BCUT2D eigenvalue weighted by atomic mass is 32.1. The number of furan rings is 1. The van der Waals surface area contributed by atoms with E-state index in [-0.39, 0.29) is 11.8 Å². The van der Waals surface area contributed by atoms with Crippen LogP contribution >= 0.6 is 11.3 Å². The summed E-state index contributed by atoms with van der Waals surface area (Å²) in [5, 5.41) is 5.72. The summed E-state index contributed by atoms with van der Waals surface area (Å²) in [5.41, 5.74) is 0.535. The summed E-state index contributed by atoms with van der Waals surface area (Å²) in [5.74, 6) is 0.456. The van der Waals surface area contributed by atoms with Crippen molar-refractivity contribution < 1.29 is 14.0 Å². The molecule has 0 unspecified atom stereocenters. The van der Waals surface area contributed by atoms with Crippen molar-refractivity contribution in [3.63, 3.8) is 0 Å². The van der Waals surface area contributed by atoms with Crippen LogP contribution in [0.1, 0.15) is 32.8 Å². The Balaban J connectivity index is 1.59. The van der Waals surface area contributed by atoms with Gasteiger partial charge in [-0.1, -0.05) is 6.92 Å². The number of hydrogen-bond donors (Lipinski definition) is 2. The predicted molar refractivity (Wildman–Crippen MR) is 91.9 cm³/mol. The monoisotopic (exact) mass is 347 g/mol. The van der Waals surface area contributed by atoms with Crippen LogP contribution in [-0.4, -0.2) is 36.3 Å². The molecule has 1 aliphatic rings. The van der Waals surface area contributed by atoms with E-state index < -0.39 is 0 Å². The van der Waals surface area contributed by atoms with Gasteiger partial charge in [-0.05, 0) is 24.6 Å². The van der Waals surface area contributed by atoms with Crippen LogP contribution < -0.4 is 10.6 Å². The van der Waals surface area contributed by atoms with Gasteiger partial charge in [-0.2, -0.15) is 0 Å². The molecule has 2 amide bonds. The van der Waals surface area contributed by atoms with E-state index in [0.717, 1.165) is 17.8 Å². The fourth-order valence-electron chi connectivity index (χ4n) is 2.66. The van der Waals surface area contributed by atoms with E-state index in [4.69, 9.17) is 4.42 Å². The SMILES string of the molecule is CCc1ccc(CNC(=O)c2ccoc2CN2CCNC(=O)C2)s1. The molecule has 1 fully saturated rings. The fourth-order valence-corrected chi connectivity index (χ4v) is 3.56. The Bertz CT molecular complexity index is 722. The molecule has 3 heterocycles. The minimum Gasteiger partial charge on any atom is -0.467 e. The van der Waals surface area contributed by atoms with Crippen molar-refractivity contribution in [3.8, 4) is 0 Å². The number of nitrogens with one attached hydrogen (secondary N) is 2. The average molecular weight is 347 g/mol. The highest BCUT2D eigenvalue weighted by molar-refractivity contribution is 7.11. The first-order valence-corrected chi connectivity index (χ1v) is 8.88. The van der Waals surface area contributed by atoms with Crippen LogP contribution in [0.4, 0.5) is 0 Å². The van der Waals surface area contributed by atoms with E-state index in [1.165, 1.54) is 11.1 Å². The summed E-state index contributed by atoms with van der Waals surface area (Å²) >= 11 is 1.71. The molecule has 2 aromatic heterocycles. The zero-order valence-electron chi connectivity index (χ0n) is 13.6. The van der Waals surface area contributed by atoms with Crippen LogP contribution in [0.2, 0.25) is 0 Å². The molecule has 1 aliphatic heterocycles.